The van der Waals surface area contributed by atoms with E-state index in [1.165, 1.54) is 11.1 Å². The first-order valence-electron chi connectivity index (χ1n) is 7.80. The third kappa shape index (κ3) is 3.45. The fraction of sp³-hybridized carbons (Fsp3) is 0.588. The number of benzene rings is 1. The molecular formula is C17H25ClN2O2. The lowest BCUT2D eigenvalue weighted by molar-refractivity contribution is -0.138. The van der Waals surface area contributed by atoms with Crippen LogP contribution in [0.4, 0.5) is 0 Å². The van der Waals surface area contributed by atoms with E-state index in [2.05, 4.69) is 36.5 Å². The van der Waals surface area contributed by atoms with Crippen LogP contribution >= 0.6 is 12.4 Å². The summed E-state index contributed by atoms with van der Waals surface area (Å²) in [5.41, 5.74) is 2.60. The number of carbonyl (C=O) groups excluding carboxylic acids is 1. The van der Waals surface area contributed by atoms with E-state index in [9.17, 15) is 4.79 Å². The molecule has 4 nitrogen and oxygen atoms in total. The second-order valence-electron chi connectivity index (χ2n) is 6.23. The van der Waals surface area contributed by atoms with Gasteiger partial charge in [0.15, 0.2) is 0 Å². The molecular weight excluding hydrogens is 300 g/mol. The maximum Gasteiger partial charge on any atom is 0.240 e. The van der Waals surface area contributed by atoms with Gasteiger partial charge in [-0.05, 0) is 29.9 Å². The molecule has 2 heterocycles. The summed E-state index contributed by atoms with van der Waals surface area (Å²) in [6.45, 7) is 4.55. The molecule has 1 aromatic carbocycles. The van der Waals surface area contributed by atoms with Gasteiger partial charge in [0.25, 0.3) is 0 Å². The molecule has 1 aromatic rings. The minimum atomic E-state index is -0.0918. The lowest BCUT2D eigenvalue weighted by Gasteiger charge is -2.38. The van der Waals surface area contributed by atoms with Crippen LogP contribution in [0.25, 0.3) is 0 Å². The van der Waals surface area contributed by atoms with Crippen molar-refractivity contribution in [3.63, 3.8) is 0 Å². The highest BCUT2D eigenvalue weighted by atomic mass is 35.5. The van der Waals surface area contributed by atoms with Crippen molar-refractivity contribution in [1.82, 2.24) is 10.2 Å². The number of amides is 1. The van der Waals surface area contributed by atoms with Crippen LogP contribution in [-0.2, 0) is 22.5 Å². The van der Waals surface area contributed by atoms with Crippen LogP contribution in [0, 0.1) is 5.92 Å². The monoisotopic (exact) mass is 324 g/mol. The molecule has 122 valence electrons. The maximum absolute atomic E-state index is 12.7. The van der Waals surface area contributed by atoms with Crippen molar-refractivity contribution in [3.05, 3.63) is 35.4 Å². The van der Waals surface area contributed by atoms with E-state index in [0.717, 1.165) is 32.5 Å². The summed E-state index contributed by atoms with van der Waals surface area (Å²) in [6, 6.07) is 8.28. The smallest absolute Gasteiger partial charge is 0.240 e. The first-order valence-corrected chi connectivity index (χ1v) is 7.80. The lowest BCUT2D eigenvalue weighted by Crippen LogP contribution is -2.54. The number of nitrogens with one attached hydrogen (secondary N) is 1. The summed E-state index contributed by atoms with van der Waals surface area (Å²) in [7, 11) is 1.74. The van der Waals surface area contributed by atoms with Crippen molar-refractivity contribution in [2.45, 2.75) is 38.5 Å². The Morgan fingerprint density at radius 3 is 2.77 bits per heavy atom. The maximum atomic E-state index is 12.7. The Balaban J connectivity index is 0.00000176. The Bertz CT molecular complexity index is 523. The Morgan fingerprint density at radius 1 is 1.32 bits per heavy atom. The van der Waals surface area contributed by atoms with Gasteiger partial charge < -0.3 is 15.0 Å². The van der Waals surface area contributed by atoms with E-state index in [-0.39, 0.29) is 30.5 Å². The molecule has 0 spiro atoms. The van der Waals surface area contributed by atoms with E-state index in [4.69, 9.17) is 4.74 Å². The van der Waals surface area contributed by atoms with Gasteiger partial charge in [-0.2, -0.15) is 0 Å². The Labute approximate surface area is 138 Å². The Hall–Kier alpha value is -1.10. The molecule has 1 N–H and O–H groups in total. The SMILES string of the molecule is COC1CN(C(=O)C2Cc3ccccc3CN2)CCC1C.Cl. The Morgan fingerprint density at radius 2 is 2.05 bits per heavy atom. The molecule has 3 rings (SSSR count). The predicted molar refractivity (Wildman–Crippen MR) is 89.2 cm³/mol. The number of rotatable bonds is 2. The molecule has 3 unspecified atom stereocenters. The van der Waals surface area contributed by atoms with Crippen LogP contribution in [0.1, 0.15) is 24.5 Å². The predicted octanol–water partition coefficient (Wildman–Crippen LogP) is 2.01. The highest BCUT2D eigenvalue weighted by Crippen LogP contribution is 2.22. The van der Waals surface area contributed by atoms with E-state index < -0.39 is 0 Å². The van der Waals surface area contributed by atoms with E-state index >= 15 is 0 Å². The molecule has 0 aromatic heterocycles. The van der Waals surface area contributed by atoms with Gasteiger partial charge in [-0.25, -0.2) is 0 Å². The molecule has 1 amide bonds. The molecule has 1 saturated heterocycles. The minimum absolute atomic E-state index is 0. The number of methoxy groups -OCH3 is 1. The first kappa shape index (κ1) is 17.3. The number of nitrogens with zero attached hydrogens (tertiary/aromatic N) is 1. The molecule has 3 atom stereocenters. The summed E-state index contributed by atoms with van der Waals surface area (Å²) in [5.74, 6) is 0.748. The summed E-state index contributed by atoms with van der Waals surface area (Å²) in [6.07, 6.45) is 1.98. The van der Waals surface area contributed by atoms with E-state index in [1.54, 1.807) is 7.11 Å². The number of piperidine rings is 1. The minimum Gasteiger partial charge on any atom is -0.379 e. The number of fused-ring (bicyclic) bond motifs is 1. The van der Waals surface area contributed by atoms with Crippen molar-refractivity contribution in [1.29, 1.82) is 0 Å². The van der Waals surface area contributed by atoms with Gasteiger partial charge in [-0.1, -0.05) is 31.2 Å². The largest absolute Gasteiger partial charge is 0.379 e. The van der Waals surface area contributed by atoms with Gasteiger partial charge in [0, 0.05) is 26.7 Å². The van der Waals surface area contributed by atoms with E-state index in [0.29, 0.717) is 5.92 Å². The van der Waals surface area contributed by atoms with Crippen molar-refractivity contribution >= 4 is 18.3 Å². The molecule has 0 bridgehead atoms. The first-order chi connectivity index (χ1) is 10.2. The summed E-state index contributed by atoms with van der Waals surface area (Å²) < 4.78 is 5.51. The van der Waals surface area contributed by atoms with E-state index in [1.807, 2.05) is 4.90 Å². The highest BCUT2D eigenvalue weighted by molar-refractivity contribution is 5.85. The quantitative estimate of drug-likeness (QED) is 0.905. The van der Waals surface area contributed by atoms with Crippen LogP contribution in [0.15, 0.2) is 24.3 Å². The number of ether oxygens (including phenoxy) is 1. The van der Waals surface area contributed by atoms with Crippen LogP contribution < -0.4 is 5.32 Å². The molecule has 0 radical (unpaired) electrons. The third-order valence-corrected chi connectivity index (χ3v) is 4.88. The van der Waals surface area contributed by atoms with Gasteiger partial charge >= 0.3 is 0 Å². The van der Waals surface area contributed by atoms with Crippen LogP contribution in [0.5, 0.6) is 0 Å². The number of carbonyl (C=O) groups is 1. The van der Waals surface area contributed by atoms with Gasteiger partial charge in [-0.15, -0.1) is 12.4 Å². The highest BCUT2D eigenvalue weighted by Gasteiger charge is 2.33. The summed E-state index contributed by atoms with van der Waals surface area (Å²) in [5, 5.41) is 3.38. The average molecular weight is 325 g/mol. The average Bonchev–Trinajstić information content (AvgIpc) is 2.54. The van der Waals surface area contributed by atoms with Crippen molar-refractivity contribution in [2.75, 3.05) is 20.2 Å². The lowest BCUT2D eigenvalue weighted by atomic mass is 9.92. The zero-order valence-electron chi connectivity index (χ0n) is 13.2. The zero-order chi connectivity index (χ0) is 14.8. The molecule has 0 saturated carbocycles. The van der Waals surface area contributed by atoms with Crippen molar-refractivity contribution in [3.8, 4) is 0 Å². The molecule has 2 aliphatic rings. The fourth-order valence-corrected chi connectivity index (χ4v) is 3.39. The summed E-state index contributed by atoms with van der Waals surface area (Å²) in [4.78, 5) is 14.7. The molecule has 1 fully saturated rings. The van der Waals surface area contributed by atoms with Gasteiger partial charge in [0.1, 0.15) is 0 Å². The molecule has 0 aliphatic carbocycles. The Kier molecular flexibility index (Phi) is 5.84. The number of likely N-dealkylation sites (tertiary alicyclic amines) is 1. The number of halogens is 1. The molecule has 2 aliphatic heterocycles. The van der Waals surface area contributed by atoms with Crippen molar-refractivity contribution < 1.29 is 9.53 Å². The number of hydrogen-bond donors (Lipinski definition) is 1. The van der Waals surface area contributed by atoms with Crippen LogP contribution in [0.2, 0.25) is 0 Å². The van der Waals surface area contributed by atoms with Gasteiger partial charge in [-0.3, -0.25) is 4.79 Å². The molecule has 5 heteroatoms. The molecule has 22 heavy (non-hydrogen) atoms. The van der Waals surface area contributed by atoms with Gasteiger partial charge in [0.05, 0.1) is 12.1 Å². The standard InChI is InChI=1S/C17H24N2O2.ClH/c1-12-7-8-19(11-16(12)21-2)17(20)15-9-13-5-3-4-6-14(13)10-18-15;/h3-6,12,15-16,18H,7-11H2,1-2H3;1H. The zero-order valence-corrected chi connectivity index (χ0v) is 14.1. The van der Waals surface area contributed by atoms with Crippen molar-refractivity contribution in [2.24, 2.45) is 5.92 Å². The number of hydrogen-bond acceptors (Lipinski definition) is 3. The second-order valence-corrected chi connectivity index (χ2v) is 6.23. The topological polar surface area (TPSA) is 41.6 Å². The van der Waals surface area contributed by atoms with Gasteiger partial charge in [0.2, 0.25) is 5.91 Å². The fourth-order valence-electron chi connectivity index (χ4n) is 3.39. The normalized spacial score (nSPS) is 27.7. The third-order valence-electron chi connectivity index (χ3n) is 4.88. The summed E-state index contributed by atoms with van der Waals surface area (Å²) >= 11 is 0. The van der Waals surface area contributed by atoms with Crippen LogP contribution in [-0.4, -0.2) is 43.2 Å². The second kappa shape index (κ2) is 7.44. The van der Waals surface area contributed by atoms with Crippen LogP contribution in [0.3, 0.4) is 0 Å².